The van der Waals surface area contributed by atoms with E-state index in [1.807, 2.05) is 20.8 Å². The van der Waals surface area contributed by atoms with E-state index >= 15 is 0 Å². The van der Waals surface area contributed by atoms with Crippen LogP contribution in [-0.4, -0.2) is 50.9 Å². The minimum absolute atomic E-state index is 0.0362. The van der Waals surface area contributed by atoms with Gasteiger partial charge in [0.2, 0.25) is 0 Å². The molecule has 0 amide bonds. The maximum Gasteiger partial charge on any atom is 0.194 e. The van der Waals surface area contributed by atoms with Gasteiger partial charge >= 0.3 is 0 Å². The normalized spacial score (nSPS) is 19.1. The van der Waals surface area contributed by atoms with Crippen molar-refractivity contribution in [2.24, 2.45) is 11.8 Å². The molecule has 4 nitrogen and oxygen atoms in total. The van der Waals surface area contributed by atoms with Gasteiger partial charge in [0, 0.05) is 5.92 Å². The van der Waals surface area contributed by atoms with Crippen LogP contribution in [0.15, 0.2) is 11.6 Å². The summed E-state index contributed by atoms with van der Waals surface area (Å²) in [6.07, 6.45) is 1.10. The lowest BCUT2D eigenvalue weighted by molar-refractivity contribution is -0.116. The minimum Gasteiger partial charge on any atom is -0.412 e. The number of hydrogen-bond donors (Lipinski definition) is 1. The molecule has 0 heterocycles. The van der Waals surface area contributed by atoms with E-state index in [1.165, 1.54) is 11.8 Å². The fraction of sp³-hybridized carbons (Fsp3) is 0.885. The van der Waals surface area contributed by atoms with Crippen molar-refractivity contribution in [1.29, 1.82) is 0 Å². The van der Waals surface area contributed by atoms with Gasteiger partial charge in [0.25, 0.3) is 0 Å². The average Bonchev–Trinajstić information content (AvgIpc) is 2.62. The largest absolute Gasteiger partial charge is 0.412 e. The highest BCUT2D eigenvalue weighted by molar-refractivity contribution is 8.13. The number of rotatable bonds is 11. The Hall–Kier alpha value is 0.0738. The van der Waals surface area contributed by atoms with E-state index in [9.17, 15) is 9.90 Å². The van der Waals surface area contributed by atoms with Crippen LogP contribution >= 0.6 is 11.8 Å². The number of hydrogen-bond acceptors (Lipinski definition) is 5. The van der Waals surface area contributed by atoms with E-state index in [0.29, 0.717) is 0 Å². The lowest BCUT2D eigenvalue weighted by atomic mass is 9.93. The molecule has 0 aliphatic carbocycles. The van der Waals surface area contributed by atoms with Crippen molar-refractivity contribution in [2.45, 2.75) is 131 Å². The molecule has 0 aliphatic heterocycles. The van der Waals surface area contributed by atoms with E-state index in [4.69, 9.17) is 8.85 Å². The van der Waals surface area contributed by atoms with Gasteiger partial charge in [0.1, 0.15) is 0 Å². The predicted molar refractivity (Wildman–Crippen MR) is 151 cm³/mol. The molecule has 0 aliphatic rings. The second kappa shape index (κ2) is 12.4. The second-order valence-corrected chi connectivity index (χ2v) is 23.5. The zero-order valence-electron chi connectivity index (χ0n) is 24.3. The molecule has 0 aromatic heterocycles. The third-order valence-corrected chi connectivity index (χ3v) is 17.6. The summed E-state index contributed by atoms with van der Waals surface area (Å²) in [5, 5.41) is 11.1. The molecule has 0 rings (SSSR count). The smallest absolute Gasteiger partial charge is 0.194 e. The van der Waals surface area contributed by atoms with Gasteiger partial charge in [0.05, 0.1) is 24.2 Å². The summed E-state index contributed by atoms with van der Waals surface area (Å²) < 4.78 is 13.7. The molecule has 7 heteroatoms. The summed E-state index contributed by atoms with van der Waals surface area (Å²) in [6.45, 7) is 32.6. The highest BCUT2D eigenvalue weighted by atomic mass is 32.2. The first-order chi connectivity index (χ1) is 14.6. The Bertz CT molecular complexity index is 662. The highest BCUT2D eigenvalue weighted by Gasteiger charge is 2.44. The second-order valence-electron chi connectivity index (χ2n) is 12.7. The van der Waals surface area contributed by atoms with Gasteiger partial charge in [-0.3, -0.25) is 4.79 Å². The molecule has 0 saturated carbocycles. The standard InChI is InChI=1S/C26H54O4SSi2/c1-16-31-24(28)20(4)22(27)18(2)17-19(3)23(30-33(14,15)26(9,10)11)21(5)29-32(12,13)25(6,7)8/h17,19-23,27H,16H2,1-15H3/b18-17+/t19-,20+,21-,22-,23+/m1/s1. The Morgan fingerprint density at radius 2 is 1.36 bits per heavy atom. The quantitative estimate of drug-likeness (QED) is 0.225. The topological polar surface area (TPSA) is 55.8 Å². The Kier molecular flexibility index (Phi) is 12.4. The molecule has 0 unspecified atom stereocenters. The molecular weight excluding hydrogens is 465 g/mol. The predicted octanol–water partition coefficient (Wildman–Crippen LogP) is 7.65. The van der Waals surface area contributed by atoms with Crippen molar-refractivity contribution in [3.8, 4) is 0 Å². The Labute approximate surface area is 211 Å². The van der Waals surface area contributed by atoms with Gasteiger partial charge in [0.15, 0.2) is 21.8 Å². The SMILES string of the molecule is CCSC(=O)[C@@H](C)[C@H](O)/C(C)=C/[C@@H](C)[C@H](O[Si](C)(C)C(C)(C)C)[C@@H](C)O[Si](C)(C)C(C)(C)C. The van der Waals surface area contributed by atoms with Crippen molar-refractivity contribution in [3.63, 3.8) is 0 Å². The first-order valence-corrected chi connectivity index (χ1v) is 19.3. The lowest BCUT2D eigenvalue weighted by Gasteiger charge is -2.45. The molecule has 5 atom stereocenters. The Morgan fingerprint density at radius 1 is 0.939 bits per heavy atom. The summed E-state index contributed by atoms with van der Waals surface area (Å²) >= 11 is 1.27. The van der Waals surface area contributed by atoms with Gasteiger partial charge in [-0.15, -0.1) is 0 Å². The molecule has 0 saturated heterocycles. The number of carbonyl (C=O) groups is 1. The van der Waals surface area contributed by atoms with Gasteiger partial charge in [-0.25, -0.2) is 0 Å². The Morgan fingerprint density at radius 3 is 1.76 bits per heavy atom. The van der Waals surface area contributed by atoms with Crippen LogP contribution in [0.1, 0.15) is 76.2 Å². The lowest BCUT2D eigenvalue weighted by Crippen LogP contribution is -2.52. The van der Waals surface area contributed by atoms with Crippen LogP contribution in [0.4, 0.5) is 0 Å². The molecule has 0 fully saturated rings. The summed E-state index contributed by atoms with van der Waals surface area (Å²) in [6, 6.07) is 0. The van der Waals surface area contributed by atoms with E-state index in [2.05, 4.69) is 87.7 Å². The maximum absolute atomic E-state index is 12.3. The molecule has 0 aromatic rings. The van der Waals surface area contributed by atoms with E-state index in [1.54, 1.807) is 0 Å². The molecule has 1 N–H and O–H groups in total. The number of carbonyl (C=O) groups excluding carboxylic acids is 1. The summed E-state index contributed by atoms with van der Waals surface area (Å²) in [5.74, 6) is 0.327. The molecule has 196 valence electrons. The molecular formula is C26H54O4SSi2. The summed E-state index contributed by atoms with van der Waals surface area (Å²) in [7, 11) is -4.04. The first-order valence-electron chi connectivity index (χ1n) is 12.5. The van der Waals surface area contributed by atoms with Crippen molar-refractivity contribution < 1.29 is 18.8 Å². The van der Waals surface area contributed by atoms with Crippen LogP contribution in [-0.2, 0) is 13.6 Å². The van der Waals surface area contributed by atoms with Gasteiger partial charge in [-0.1, -0.05) is 80.2 Å². The Balaban J connectivity index is 6.02. The molecule has 0 bridgehead atoms. The third-order valence-electron chi connectivity index (χ3n) is 7.63. The zero-order chi connectivity index (χ0) is 26.6. The van der Waals surface area contributed by atoms with Crippen LogP contribution in [0.3, 0.4) is 0 Å². The van der Waals surface area contributed by atoms with Gasteiger partial charge < -0.3 is 14.0 Å². The summed E-state index contributed by atoms with van der Waals surface area (Å²) in [5.41, 5.74) is 0.823. The molecule has 0 radical (unpaired) electrons. The van der Waals surface area contributed by atoms with Crippen LogP contribution in [0.2, 0.25) is 36.3 Å². The molecule has 0 aromatic carbocycles. The van der Waals surface area contributed by atoms with Crippen LogP contribution < -0.4 is 0 Å². The molecule has 0 spiro atoms. The van der Waals surface area contributed by atoms with Crippen molar-refractivity contribution in [2.75, 3.05) is 5.75 Å². The van der Waals surface area contributed by atoms with Crippen molar-refractivity contribution in [3.05, 3.63) is 11.6 Å². The van der Waals surface area contributed by atoms with Crippen molar-refractivity contribution >= 4 is 33.5 Å². The number of aliphatic hydroxyl groups is 1. The fourth-order valence-electron chi connectivity index (χ4n) is 3.26. The highest BCUT2D eigenvalue weighted by Crippen LogP contribution is 2.41. The average molecular weight is 519 g/mol. The maximum atomic E-state index is 12.3. The fourth-order valence-corrected chi connectivity index (χ4v) is 6.79. The first kappa shape index (κ1) is 33.1. The monoisotopic (exact) mass is 518 g/mol. The van der Waals surface area contributed by atoms with Gasteiger partial charge in [-0.2, -0.15) is 0 Å². The van der Waals surface area contributed by atoms with E-state index in [-0.39, 0.29) is 33.3 Å². The van der Waals surface area contributed by atoms with Crippen LogP contribution in [0.25, 0.3) is 0 Å². The summed E-state index contributed by atoms with van der Waals surface area (Å²) in [4.78, 5) is 12.3. The number of aliphatic hydroxyl groups excluding tert-OH is 1. The van der Waals surface area contributed by atoms with E-state index < -0.39 is 28.7 Å². The minimum atomic E-state index is -2.06. The number of thioether (sulfide) groups is 1. The molecule has 33 heavy (non-hydrogen) atoms. The van der Waals surface area contributed by atoms with E-state index in [0.717, 1.165) is 11.3 Å². The van der Waals surface area contributed by atoms with Crippen LogP contribution in [0, 0.1) is 11.8 Å². The van der Waals surface area contributed by atoms with Crippen LogP contribution in [0.5, 0.6) is 0 Å². The zero-order valence-corrected chi connectivity index (χ0v) is 27.1. The van der Waals surface area contributed by atoms with Crippen molar-refractivity contribution in [1.82, 2.24) is 0 Å². The third kappa shape index (κ3) is 9.56. The van der Waals surface area contributed by atoms with Gasteiger partial charge in [-0.05, 0) is 61.4 Å².